The van der Waals surface area contributed by atoms with Crippen molar-refractivity contribution < 1.29 is 14.0 Å². The summed E-state index contributed by atoms with van der Waals surface area (Å²) in [6, 6.07) is 14.7. The van der Waals surface area contributed by atoms with Crippen LogP contribution in [0.1, 0.15) is 29.5 Å². The van der Waals surface area contributed by atoms with Gasteiger partial charge in [0.05, 0.1) is 25.2 Å². The van der Waals surface area contributed by atoms with Crippen LogP contribution in [0.4, 0.5) is 5.82 Å². The second-order valence-electron chi connectivity index (χ2n) is 8.16. The Labute approximate surface area is 179 Å². The van der Waals surface area contributed by atoms with Gasteiger partial charge < -0.3 is 18.7 Å². The lowest BCUT2D eigenvalue weighted by Crippen LogP contribution is -2.17. The maximum absolute atomic E-state index is 5.89. The fourth-order valence-electron chi connectivity index (χ4n) is 4.58. The summed E-state index contributed by atoms with van der Waals surface area (Å²) in [4.78, 5) is 1.02. The van der Waals surface area contributed by atoms with Crippen LogP contribution in [0, 0.1) is 0 Å². The number of nitrogens with one attached hydrogen (secondary N) is 1. The molecule has 0 bridgehead atoms. The maximum atomic E-state index is 5.89. The summed E-state index contributed by atoms with van der Waals surface area (Å²) >= 11 is 1.50. The lowest BCUT2D eigenvalue weighted by atomic mass is 9.78. The van der Waals surface area contributed by atoms with Crippen LogP contribution in [0.2, 0.25) is 0 Å². The van der Waals surface area contributed by atoms with Gasteiger partial charge >= 0.3 is 0 Å². The van der Waals surface area contributed by atoms with E-state index in [2.05, 4.69) is 34.2 Å². The molecule has 5 nitrogen and oxygen atoms in total. The zero-order valence-electron chi connectivity index (χ0n) is 16.7. The van der Waals surface area contributed by atoms with Crippen molar-refractivity contribution in [2.45, 2.75) is 29.6 Å². The van der Waals surface area contributed by atoms with Crippen LogP contribution in [0.25, 0.3) is 16.9 Å². The predicted octanol–water partition coefficient (Wildman–Crippen LogP) is 5.47. The molecule has 152 valence electrons. The number of para-hydroxylation sites is 1. The van der Waals surface area contributed by atoms with E-state index in [9.17, 15) is 0 Å². The second-order valence-corrected chi connectivity index (χ2v) is 9.00. The first-order valence-electron chi connectivity index (χ1n) is 10.2. The molecular weight excluding hydrogens is 396 g/mol. The number of fused-ring (bicyclic) bond motifs is 4. The van der Waals surface area contributed by atoms with Crippen molar-refractivity contribution >= 4 is 23.3 Å². The number of hydrogen-bond donors (Lipinski definition) is 1. The molecule has 0 atom stereocenters. The SMILES string of the molecule is COc1ccccc1SNc1noc2c1CC1(CC1)c1ccc(C3=CCOC3)cc1-2. The second kappa shape index (κ2) is 6.93. The highest BCUT2D eigenvalue weighted by Crippen LogP contribution is 2.58. The van der Waals surface area contributed by atoms with Crippen molar-refractivity contribution in [3.63, 3.8) is 0 Å². The fourth-order valence-corrected chi connectivity index (χ4v) is 5.35. The van der Waals surface area contributed by atoms with E-state index in [4.69, 9.17) is 14.0 Å². The molecule has 0 amide bonds. The van der Waals surface area contributed by atoms with E-state index in [0.717, 1.165) is 28.6 Å². The van der Waals surface area contributed by atoms with E-state index < -0.39 is 0 Å². The molecule has 0 radical (unpaired) electrons. The zero-order valence-corrected chi connectivity index (χ0v) is 17.6. The van der Waals surface area contributed by atoms with Crippen molar-refractivity contribution in [3.8, 4) is 17.1 Å². The molecule has 1 aliphatic heterocycles. The normalized spacial score (nSPS) is 18.0. The number of methoxy groups -OCH3 is 1. The Bertz CT molecular complexity index is 1160. The van der Waals surface area contributed by atoms with E-state index >= 15 is 0 Å². The lowest BCUT2D eigenvalue weighted by Gasteiger charge is -2.25. The summed E-state index contributed by atoms with van der Waals surface area (Å²) in [5.41, 5.74) is 6.46. The van der Waals surface area contributed by atoms with Gasteiger partial charge in [-0.25, -0.2) is 0 Å². The molecular formula is C24H22N2O3S. The van der Waals surface area contributed by atoms with Crippen LogP contribution >= 0.6 is 11.9 Å². The van der Waals surface area contributed by atoms with Gasteiger partial charge in [0.1, 0.15) is 5.75 Å². The molecule has 6 rings (SSSR count). The molecule has 30 heavy (non-hydrogen) atoms. The standard InChI is InChI=1S/C24H22N2O3S/c1-27-20-4-2-3-5-21(20)30-26-23-18-13-24(9-10-24)19-7-6-15(16-8-11-28-14-16)12-17(19)22(18)29-25-23/h2-8,12H,9-11,13-14H2,1H3,(H,25,26). The smallest absolute Gasteiger partial charge is 0.183 e. The Hall–Kier alpha value is -2.70. The van der Waals surface area contributed by atoms with Gasteiger partial charge in [-0.3, -0.25) is 0 Å². The molecule has 1 saturated carbocycles. The molecule has 1 aromatic heterocycles. The number of nitrogens with zero attached hydrogens (tertiary/aromatic N) is 1. The van der Waals surface area contributed by atoms with Crippen LogP contribution in [0.15, 0.2) is 58.0 Å². The molecule has 1 fully saturated rings. The zero-order chi connectivity index (χ0) is 20.1. The molecule has 0 saturated heterocycles. The Morgan fingerprint density at radius 3 is 2.87 bits per heavy atom. The average molecular weight is 419 g/mol. The number of benzene rings is 2. The van der Waals surface area contributed by atoms with E-state index in [1.807, 2.05) is 24.3 Å². The van der Waals surface area contributed by atoms with Gasteiger partial charge in [-0.05, 0) is 66.1 Å². The molecule has 1 N–H and O–H groups in total. The van der Waals surface area contributed by atoms with Crippen LogP contribution < -0.4 is 9.46 Å². The monoisotopic (exact) mass is 418 g/mol. The first kappa shape index (κ1) is 18.1. The highest BCUT2D eigenvalue weighted by atomic mass is 32.2. The molecule has 1 spiro atoms. The minimum Gasteiger partial charge on any atom is -0.496 e. The van der Waals surface area contributed by atoms with Gasteiger partial charge in [-0.1, -0.05) is 35.5 Å². The third-order valence-corrected chi connectivity index (χ3v) is 7.25. The Balaban J connectivity index is 1.36. The lowest BCUT2D eigenvalue weighted by molar-refractivity contribution is 0.216. The third kappa shape index (κ3) is 2.86. The van der Waals surface area contributed by atoms with E-state index in [1.165, 1.54) is 52.6 Å². The summed E-state index contributed by atoms with van der Waals surface area (Å²) in [6.07, 6.45) is 5.57. The predicted molar refractivity (Wildman–Crippen MR) is 118 cm³/mol. The van der Waals surface area contributed by atoms with Crippen LogP contribution in [-0.4, -0.2) is 25.5 Å². The minimum atomic E-state index is 0.235. The fraction of sp³-hybridized carbons (Fsp3) is 0.292. The highest BCUT2D eigenvalue weighted by Gasteiger charge is 2.50. The van der Waals surface area contributed by atoms with E-state index in [-0.39, 0.29) is 5.41 Å². The van der Waals surface area contributed by atoms with Crippen molar-refractivity contribution in [2.75, 3.05) is 25.0 Å². The van der Waals surface area contributed by atoms with Gasteiger partial charge in [0.15, 0.2) is 11.6 Å². The Morgan fingerprint density at radius 2 is 2.07 bits per heavy atom. The third-order valence-electron chi connectivity index (χ3n) is 6.40. The number of rotatable bonds is 5. The number of ether oxygens (including phenoxy) is 2. The highest BCUT2D eigenvalue weighted by molar-refractivity contribution is 8.00. The summed E-state index contributed by atoms with van der Waals surface area (Å²) in [6.45, 7) is 1.37. The topological polar surface area (TPSA) is 56.5 Å². The number of anilines is 1. The van der Waals surface area contributed by atoms with Crippen LogP contribution in [0.5, 0.6) is 5.75 Å². The number of hydrogen-bond acceptors (Lipinski definition) is 6. The molecule has 2 heterocycles. The average Bonchev–Trinajstić information content (AvgIpc) is 3.17. The minimum absolute atomic E-state index is 0.235. The molecule has 3 aromatic rings. The van der Waals surface area contributed by atoms with E-state index in [1.54, 1.807) is 7.11 Å². The maximum Gasteiger partial charge on any atom is 0.183 e. The molecule has 3 aliphatic rings. The Kier molecular flexibility index (Phi) is 4.18. The first-order chi connectivity index (χ1) is 14.8. The first-order valence-corrected chi connectivity index (χ1v) is 11.1. The van der Waals surface area contributed by atoms with Crippen LogP contribution in [0.3, 0.4) is 0 Å². The van der Waals surface area contributed by atoms with Gasteiger partial charge in [0.2, 0.25) is 0 Å². The van der Waals surface area contributed by atoms with Gasteiger partial charge in [0.25, 0.3) is 0 Å². The van der Waals surface area contributed by atoms with E-state index in [0.29, 0.717) is 13.2 Å². The van der Waals surface area contributed by atoms with Crippen molar-refractivity contribution in [3.05, 3.63) is 65.2 Å². The van der Waals surface area contributed by atoms with Crippen molar-refractivity contribution in [1.82, 2.24) is 5.16 Å². The Morgan fingerprint density at radius 1 is 1.17 bits per heavy atom. The summed E-state index contributed by atoms with van der Waals surface area (Å²) in [5, 5.41) is 4.40. The quantitative estimate of drug-likeness (QED) is 0.555. The molecule has 6 heteroatoms. The summed E-state index contributed by atoms with van der Waals surface area (Å²) in [7, 11) is 1.69. The van der Waals surface area contributed by atoms with Crippen molar-refractivity contribution in [2.24, 2.45) is 0 Å². The van der Waals surface area contributed by atoms with Gasteiger partial charge in [-0.15, -0.1) is 0 Å². The molecule has 2 aliphatic carbocycles. The van der Waals surface area contributed by atoms with Gasteiger partial charge in [-0.2, -0.15) is 0 Å². The summed E-state index contributed by atoms with van der Waals surface area (Å²) in [5.74, 6) is 2.55. The summed E-state index contributed by atoms with van der Waals surface area (Å²) < 4.78 is 20.3. The molecule has 2 aromatic carbocycles. The van der Waals surface area contributed by atoms with Crippen LogP contribution in [-0.2, 0) is 16.6 Å². The number of aromatic nitrogens is 1. The largest absolute Gasteiger partial charge is 0.496 e. The van der Waals surface area contributed by atoms with Gasteiger partial charge in [0, 0.05) is 16.5 Å². The molecule has 0 unspecified atom stereocenters. The van der Waals surface area contributed by atoms with Crippen molar-refractivity contribution in [1.29, 1.82) is 0 Å².